The summed E-state index contributed by atoms with van der Waals surface area (Å²) in [6, 6.07) is 4.33. The SMILES string of the molecule is O=[N+]([O-])c1ccc2n[nH]c(C#CCO)c2c1. The monoisotopic (exact) mass is 217 g/mol. The summed E-state index contributed by atoms with van der Waals surface area (Å²) in [7, 11) is 0. The van der Waals surface area contributed by atoms with Crippen LogP contribution in [0.4, 0.5) is 5.69 Å². The second-order valence-electron chi connectivity index (χ2n) is 3.02. The fourth-order valence-electron chi connectivity index (χ4n) is 1.33. The molecule has 0 bridgehead atoms. The summed E-state index contributed by atoms with van der Waals surface area (Å²) in [5, 5.41) is 26.3. The highest BCUT2D eigenvalue weighted by molar-refractivity contribution is 5.86. The number of aromatic amines is 1. The maximum Gasteiger partial charge on any atom is 0.270 e. The zero-order valence-corrected chi connectivity index (χ0v) is 8.10. The standard InChI is InChI=1S/C10H7N3O3/c14-5-1-2-9-8-6-7(13(15)16)3-4-10(8)12-11-9/h3-4,6,14H,5H2,(H,11,12). The van der Waals surface area contributed by atoms with Gasteiger partial charge >= 0.3 is 0 Å². The number of nitrogens with one attached hydrogen (secondary N) is 1. The van der Waals surface area contributed by atoms with Crippen molar-refractivity contribution in [2.24, 2.45) is 0 Å². The minimum absolute atomic E-state index is 0.0130. The van der Waals surface area contributed by atoms with E-state index in [1.54, 1.807) is 6.07 Å². The zero-order valence-electron chi connectivity index (χ0n) is 8.10. The molecule has 2 N–H and O–H groups in total. The lowest BCUT2D eigenvalue weighted by Crippen LogP contribution is -1.87. The molecule has 0 saturated carbocycles. The van der Waals surface area contributed by atoms with Crippen LogP contribution in [0, 0.1) is 22.0 Å². The van der Waals surface area contributed by atoms with Crippen molar-refractivity contribution in [1.82, 2.24) is 10.2 Å². The smallest absolute Gasteiger partial charge is 0.270 e. The molecule has 80 valence electrons. The van der Waals surface area contributed by atoms with Gasteiger partial charge < -0.3 is 5.11 Å². The maximum atomic E-state index is 10.6. The first kappa shape index (κ1) is 10.1. The third-order valence-electron chi connectivity index (χ3n) is 2.04. The van der Waals surface area contributed by atoms with Crippen LogP contribution in [0.15, 0.2) is 18.2 Å². The van der Waals surface area contributed by atoms with Crippen LogP contribution in [0.25, 0.3) is 10.9 Å². The van der Waals surface area contributed by atoms with E-state index >= 15 is 0 Å². The number of fused-ring (bicyclic) bond motifs is 1. The minimum Gasteiger partial charge on any atom is -0.384 e. The number of H-pyrrole nitrogens is 1. The molecule has 0 amide bonds. The third kappa shape index (κ3) is 1.71. The summed E-state index contributed by atoms with van der Waals surface area (Å²) in [5.74, 6) is 5.10. The first-order valence-corrected chi connectivity index (χ1v) is 4.44. The van der Waals surface area contributed by atoms with Gasteiger partial charge in [-0.05, 0) is 12.0 Å². The molecule has 0 unspecified atom stereocenters. The Hall–Kier alpha value is -2.39. The van der Waals surface area contributed by atoms with E-state index in [0.717, 1.165) is 0 Å². The highest BCUT2D eigenvalue weighted by Gasteiger charge is 2.10. The number of aliphatic hydroxyl groups is 1. The van der Waals surface area contributed by atoms with E-state index in [-0.39, 0.29) is 12.3 Å². The highest BCUT2D eigenvalue weighted by atomic mass is 16.6. The molecule has 0 aliphatic heterocycles. The average molecular weight is 217 g/mol. The highest BCUT2D eigenvalue weighted by Crippen LogP contribution is 2.21. The van der Waals surface area contributed by atoms with E-state index in [1.807, 2.05) is 0 Å². The minimum atomic E-state index is -0.476. The molecule has 2 rings (SSSR count). The first-order valence-electron chi connectivity index (χ1n) is 4.44. The van der Waals surface area contributed by atoms with E-state index in [1.165, 1.54) is 12.1 Å². The molecule has 0 atom stereocenters. The van der Waals surface area contributed by atoms with Crippen LogP contribution in [0.3, 0.4) is 0 Å². The molecule has 1 aromatic heterocycles. The Kier molecular flexibility index (Phi) is 2.54. The second-order valence-corrected chi connectivity index (χ2v) is 3.02. The molecule has 0 fully saturated rings. The lowest BCUT2D eigenvalue weighted by atomic mass is 10.2. The van der Waals surface area contributed by atoms with Crippen LogP contribution in [0.5, 0.6) is 0 Å². The molecule has 6 nitrogen and oxygen atoms in total. The maximum absolute atomic E-state index is 10.6. The lowest BCUT2D eigenvalue weighted by molar-refractivity contribution is -0.384. The first-order chi connectivity index (χ1) is 7.72. The van der Waals surface area contributed by atoms with Crippen molar-refractivity contribution in [3.8, 4) is 11.8 Å². The fourth-order valence-corrected chi connectivity index (χ4v) is 1.33. The molecule has 6 heteroatoms. The number of benzene rings is 1. The van der Waals surface area contributed by atoms with Gasteiger partial charge in [0.05, 0.1) is 10.4 Å². The molecule has 2 aromatic rings. The summed E-state index contributed by atoms with van der Waals surface area (Å²) < 4.78 is 0. The average Bonchev–Trinajstić information content (AvgIpc) is 2.68. The Morgan fingerprint density at radius 1 is 1.56 bits per heavy atom. The van der Waals surface area contributed by atoms with E-state index in [0.29, 0.717) is 16.6 Å². The summed E-state index contributed by atoms with van der Waals surface area (Å²) in [5.41, 5.74) is 1.06. The van der Waals surface area contributed by atoms with Gasteiger partial charge in [-0.15, -0.1) is 0 Å². The van der Waals surface area contributed by atoms with Gasteiger partial charge in [0.1, 0.15) is 12.3 Å². The van der Waals surface area contributed by atoms with Crippen molar-refractivity contribution in [3.63, 3.8) is 0 Å². The third-order valence-corrected chi connectivity index (χ3v) is 2.04. The van der Waals surface area contributed by atoms with E-state index in [9.17, 15) is 10.1 Å². The predicted molar refractivity (Wildman–Crippen MR) is 56.7 cm³/mol. The van der Waals surface area contributed by atoms with E-state index in [2.05, 4.69) is 22.0 Å². The molecule has 0 radical (unpaired) electrons. The number of hydrogen-bond acceptors (Lipinski definition) is 4. The molecule has 1 aromatic carbocycles. The Morgan fingerprint density at radius 3 is 3.06 bits per heavy atom. The van der Waals surface area contributed by atoms with Gasteiger partial charge in [-0.2, -0.15) is 5.10 Å². The second kappa shape index (κ2) is 4.00. The number of non-ortho nitro benzene ring substituents is 1. The number of nitro benzene ring substituents is 1. The van der Waals surface area contributed by atoms with Crippen LogP contribution < -0.4 is 0 Å². The lowest BCUT2D eigenvalue weighted by Gasteiger charge is -1.90. The van der Waals surface area contributed by atoms with Gasteiger partial charge in [0.25, 0.3) is 5.69 Å². The number of rotatable bonds is 1. The topological polar surface area (TPSA) is 92.0 Å². The summed E-state index contributed by atoms with van der Waals surface area (Å²) >= 11 is 0. The number of nitrogens with zero attached hydrogens (tertiary/aromatic N) is 2. The van der Waals surface area contributed by atoms with Crippen molar-refractivity contribution in [2.45, 2.75) is 0 Å². The molecular weight excluding hydrogens is 210 g/mol. The van der Waals surface area contributed by atoms with Crippen molar-refractivity contribution in [2.75, 3.05) is 6.61 Å². The Labute approximate surface area is 90.1 Å². The van der Waals surface area contributed by atoms with Crippen LogP contribution >= 0.6 is 0 Å². The van der Waals surface area contributed by atoms with Crippen LogP contribution in [0.2, 0.25) is 0 Å². The van der Waals surface area contributed by atoms with Gasteiger partial charge in [0, 0.05) is 17.5 Å². The molecule has 1 heterocycles. The van der Waals surface area contributed by atoms with Crippen molar-refractivity contribution in [1.29, 1.82) is 0 Å². The van der Waals surface area contributed by atoms with Crippen molar-refractivity contribution < 1.29 is 10.0 Å². The van der Waals surface area contributed by atoms with Gasteiger partial charge in [0.15, 0.2) is 0 Å². The molecule has 16 heavy (non-hydrogen) atoms. The van der Waals surface area contributed by atoms with Gasteiger partial charge in [-0.25, -0.2) is 0 Å². The molecule has 0 aliphatic carbocycles. The quantitative estimate of drug-likeness (QED) is 0.420. The number of aromatic nitrogens is 2. The normalized spacial score (nSPS) is 9.81. The summed E-state index contributed by atoms with van der Waals surface area (Å²) in [4.78, 5) is 10.1. The summed E-state index contributed by atoms with van der Waals surface area (Å²) in [6.45, 7) is -0.268. The molecule has 0 saturated heterocycles. The Morgan fingerprint density at radius 2 is 2.38 bits per heavy atom. The molecule has 0 spiro atoms. The zero-order chi connectivity index (χ0) is 11.5. The van der Waals surface area contributed by atoms with Crippen molar-refractivity contribution in [3.05, 3.63) is 34.0 Å². The number of aliphatic hydroxyl groups excluding tert-OH is 1. The Bertz CT molecular complexity index is 607. The van der Waals surface area contributed by atoms with Crippen LogP contribution in [0.1, 0.15) is 5.69 Å². The van der Waals surface area contributed by atoms with Gasteiger partial charge in [-0.3, -0.25) is 15.2 Å². The van der Waals surface area contributed by atoms with E-state index in [4.69, 9.17) is 5.11 Å². The fraction of sp³-hybridized carbons (Fsp3) is 0.100. The summed E-state index contributed by atoms with van der Waals surface area (Å²) in [6.07, 6.45) is 0. The molecular formula is C10H7N3O3. The predicted octanol–water partition coefficient (Wildman–Crippen LogP) is 0.815. The number of hydrogen-bond donors (Lipinski definition) is 2. The number of nitro groups is 1. The Balaban J connectivity index is 2.60. The van der Waals surface area contributed by atoms with Gasteiger partial charge in [0.2, 0.25) is 0 Å². The van der Waals surface area contributed by atoms with E-state index < -0.39 is 4.92 Å². The van der Waals surface area contributed by atoms with Crippen molar-refractivity contribution >= 4 is 16.6 Å². The van der Waals surface area contributed by atoms with Gasteiger partial charge in [-0.1, -0.05) is 5.92 Å². The van der Waals surface area contributed by atoms with Crippen LogP contribution in [-0.4, -0.2) is 26.8 Å². The molecule has 0 aliphatic rings. The van der Waals surface area contributed by atoms with Crippen LogP contribution in [-0.2, 0) is 0 Å². The largest absolute Gasteiger partial charge is 0.384 e.